The summed E-state index contributed by atoms with van der Waals surface area (Å²) in [6, 6.07) is 6.63. The fourth-order valence-electron chi connectivity index (χ4n) is 2.31. The number of carboxylic acid groups (broad SMARTS) is 1. The number of benzene rings is 1. The number of aliphatic hydroxyl groups excluding tert-OH is 1. The molecule has 2 N–H and O–H groups in total. The van der Waals surface area contributed by atoms with Gasteiger partial charge in [0, 0.05) is 13.0 Å². The smallest absolute Gasteiger partial charge is 0.326 e. The number of nitrogens with zero attached hydrogens (tertiary/aromatic N) is 1. The Morgan fingerprint density at radius 3 is 2.53 bits per heavy atom. The molecule has 0 aliphatic carbocycles. The summed E-state index contributed by atoms with van der Waals surface area (Å²) in [5, 5.41) is 18.6. The van der Waals surface area contributed by atoms with Gasteiger partial charge in [0.2, 0.25) is 5.91 Å². The number of aliphatic hydroxyl groups is 1. The van der Waals surface area contributed by atoms with E-state index in [4.69, 9.17) is 5.11 Å². The Balaban J connectivity index is 2.06. The van der Waals surface area contributed by atoms with Gasteiger partial charge in [-0.1, -0.05) is 29.8 Å². The average Bonchev–Trinajstić information content (AvgIpc) is 2.74. The first-order valence-electron chi connectivity index (χ1n) is 6.23. The van der Waals surface area contributed by atoms with Gasteiger partial charge in [-0.25, -0.2) is 4.79 Å². The van der Waals surface area contributed by atoms with Gasteiger partial charge in [0.1, 0.15) is 6.04 Å². The van der Waals surface area contributed by atoms with Crippen molar-refractivity contribution >= 4 is 11.9 Å². The third kappa shape index (κ3) is 3.12. The number of aliphatic carboxylic acids is 1. The normalized spacial score (nSPS) is 22.5. The molecule has 1 heterocycles. The van der Waals surface area contributed by atoms with Gasteiger partial charge in [-0.05, 0) is 12.5 Å². The lowest BCUT2D eigenvalue weighted by atomic mass is 10.1. The van der Waals surface area contributed by atoms with E-state index in [2.05, 4.69) is 0 Å². The van der Waals surface area contributed by atoms with Crippen molar-refractivity contribution in [3.05, 3.63) is 35.4 Å². The van der Waals surface area contributed by atoms with Crippen LogP contribution in [0.15, 0.2) is 24.3 Å². The van der Waals surface area contributed by atoms with Crippen LogP contribution in [0.25, 0.3) is 0 Å². The standard InChI is InChI=1S/C14H17NO4/c1-9-2-4-10(5-3-9)6-13(17)15-8-11(16)7-12(15)14(18)19/h2-5,11-12,16H,6-8H2,1H3,(H,18,19)/t11-,12+/m1/s1. The molecule has 1 aliphatic heterocycles. The van der Waals surface area contributed by atoms with Gasteiger partial charge >= 0.3 is 5.97 Å². The van der Waals surface area contributed by atoms with E-state index in [9.17, 15) is 14.7 Å². The molecular formula is C14H17NO4. The van der Waals surface area contributed by atoms with Crippen molar-refractivity contribution in [1.29, 1.82) is 0 Å². The highest BCUT2D eigenvalue weighted by Crippen LogP contribution is 2.19. The number of carbonyl (C=O) groups excluding carboxylic acids is 1. The second kappa shape index (κ2) is 5.40. The highest BCUT2D eigenvalue weighted by atomic mass is 16.4. The summed E-state index contributed by atoms with van der Waals surface area (Å²) in [5.41, 5.74) is 1.96. The van der Waals surface area contributed by atoms with Crippen molar-refractivity contribution in [2.75, 3.05) is 6.54 Å². The predicted octanol–water partition coefficient (Wildman–Crippen LogP) is 0.584. The van der Waals surface area contributed by atoms with Crippen molar-refractivity contribution in [2.45, 2.75) is 31.9 Å². The minimum Gasteiger partial charge on any atom is -0.480 e. The molecule has 19 heavy (non-hydrogen) atoms. The maximum atomic E-state index is 12.1. The lowest BCUT2D eigenvalue weighted by Crippen LogP contribution is -2.41. The molecule has 1 saturated heterocycles. The van der Waals surface area contributed by atoms with Crippen LogP contribution in [-0.2, 0) is 16.0 Å². The number of carboxylic acids is 1. The van der Waals surface area contributed by atoms with Crippen LogP contribution in [-0.4, -0.2) is 45.7 Å². The molecule has 102 valence electrons. The third-order valence-electron chi connectivity index (χ3n) is 3.36. The molecule has 0 spiro atoms. The Hall–Kier alpha value is -1.88. The number of amides is 1. The highest BCUT2D eigenvalue weighted by molar-refractivity contribution is 5.85. The highest BCUT2D eigenvalue weighted by Gasteiger charge is 2.38. The minimum absolute atomic E-state index is 0.0989. The van der Waals surface area contributed by atoms with Crippen LogP contribution in [0.5, 0.6) is 0 Å². The summed E-state index contributed by atoms with van der Waals surface area (Å²) in [6.07, 6.45) is -0.478. The minimum atomic E-state index is -1.06. The van der Waals surface area contributed by atoms with Crippen LogP contribution in [0.2, 0.25) is 0 Å². The zero-order valence-corrected chi connectivity index (χ0v) is 10.7. The monoisotopic (exact) mass is 263 g/mol. The molecule has 2 atom stereocenters. The molecular weight excluding hydrogens is 246 g/mol. The molecule has 5 heteroatoms. The number of hydrogen-bond acceptors (Lipinski definition) is 3. The second-order valence-corrected chi connectivity index (χ2v) is 4.95. The van der Waals surface area contributed by atoms with Gasteiger partial charge in [0.25, 0.3) is 0 Å². The predicted molar refractivity (Wildman–Crippen MR) is 68.6 cm³/mol. The largest absolute Gasteiger partial charge is 0.480 e. The van der Waals surface area contributed by atoms with E-state index in [1.807, 2.05) is 31.2 Å². The molecule has 1 aliphatic rings. The van der Waals surface area contributed by atoms with Gasteiger partial charge in [-0.15, -0.1) is 0 Å². The van der Waals surface area contributed by atoms with Crippen molar-refractivity contribution < 1.29 is 19.8 Å². The Morgan fingerprint density at radius 1 is 1.32 bits per heavy atom. The molecule has 0 saturated carbocycles. The van der Waals surface area contributed by atoms with E-state index in [-0.39, 0.29) is 25.3 Å². The third-order valence-corrected chi connectivity index (χ3v) is 3.36. The van der Waals surface area contributed by atoms with Gasteiger partial charge in [0.15, 0.2) is 0 Å². The van der Waals surface area contributed by atoms with E-state index < -0.39 is 18.1 Å². The average molecular weight is 263 g/mol. The summed E-state index contributed by atoms with van der Waals surface area (Å²) in [5.74, 6) is -1.32. The number of rotatable bonds is 3. The molecule has 1 fully saturated rings. The van der Waals surface area contributed by atoms with E-state index in [1.165, 1.54) is 4.90 Å². The quantitative estimate of drug-likeness (QED) is 0.836. The number of β-amino-alcohol motifs (C(OH)–C–C–N with tert-alkyl or cyclic N) is 1. The first-order valence-corrected chi connectivity index (χ1v) is 6.23. The fraction of sp³-hybridized carbons (Fsp3) is 0.429. The van der Waals surface area contributed by atoms with E-state index >= 15 is 0 Å². The Morgan fingerprint density at radius 2 is 1.95 bits per heavy atom. The summed E-state index contributed by atoms with van der Waals surface area (Å²) in [4.78, 5) is 24.4. The van der Waals surface area contributed by atoms with Crippen LogP contribution < -0.4 is 0 Å². The zero-order valence-electron chi connectivity index (χ0n) is 10.7. The first-order chi connectivity index (χ1) is 8.97. The lowest BCUT2D eigenvalue weighted by Gasteiger charge is -2.21. The molecule has 1 aromatic carbocycles. The van der Waals surface area contributed by atoms with Crippen molar-refractivity contribution in [3.8, 4) is 0 Å². The molecule has 1 aromatic rings. The van der Waals surface area contributed by atoms with E-state index in [0.29, 0.717) is 0 Å². The van der Waals surface area contributed by atoms with Crippen LogP contribution >= 0.6 is 0 Å². The van der Waals surface area contributed by atoms with Crippen LogP contribution in [0, 0.1) is 6.92 Å². The van der Waals surface area contributed by atoms with Gasteiger partial charge < -0.3 is 15.1 Å². The van der Waals surface area contributed by atoms with Crippen molar-refractivity contribution in [1.82, 2.24) is 4.90 Å². The zero-order chi connectivity index (χ0) is 14.0. The fourth-order valence-corrected chi connectivity index (χ4v) is 2.31. The Bertz CT molecular complexity index is 483. The summed E-state index contributed by atoms with van der Waals surface area (Å²) < 4.78 is 0. The molecule has 0 bridgehead atoms. The SMILES string of the molecule is Cc1ccc(CC(=O)N2C[C@H](O)C[C@H]2C(=O)O)cc1. The van der Waals surface area contributed by atoms with Crippen LogP contribution in [0.1, 0.15) is 17.5 Å². The van der Waals surface area contributed by atoms with Gasteiger partial charge in [-0.2, -0.15) is 0 Å². The molecule has 5 nitrogen and oxygen atoms in total. The number of hydrogen-bond donors (Lipinski definition) is 2. The molecule has 0 unspecified atom stereocenters. The first kappa shape index (κ1) is 13.5. The van der Waals surface area contributed by atoms with Crippen molar-refractivity contribution in [2.24, 2.45) is 0 Å². The second-order valence-electron chi connectivity index (χ2n) is 4.95. The Kier molecular flexibility index (Phi) is 3.85. The maximum Gasteiger partial charge on any atom is 0.326 e. The molecule has 2 rings (SSSR count). The molecule has 0 aromatic heterocycles. The number of aryl methyl sites for hydroxylation is 1. The maximum absolute atomic E-state index is 12.1. The Labute approximate surface area is 111 Å². The van der Waals surface area contributed by atoms with E-state index in [1.54, 1.807) is 0 Å². The number of likely N-dealkylation sites (tertiary alicyclic amines) is 1. The van der Waals surface area contributed by atoms with Crippen LogP contribution in [0.3, 0.4) is 0 Å². The lowest BCUT2D eigenvalue weighted by molar-refractivity contribution is -0.148. The summed E-state index contributed by atoms with van der Waals surface area (Å²) in [7, 11) is 0. The van der Waals surface area contributed by atoms with Gasteiger partial charge in [-0.3, -0.25) is 4.79 Å². The number of carbonyl (C=O) groups is 2. The van der Waals surface area contributed by atoms with Gasteiger partial charge in [0.05, 0.1) is 12.5 Å². The molecule has 0 radical (unpaired) electrons. The summed E-state index contributed by atoms with van der Waals surface area (Å²) in [6.45, 7) is 2.06. The van der Waals surface area contributed by atoms with Crippen molar-refractivity contribution in [3.63, 3.8) is 0 Å². The molecule has 1 amide bonds. The summed E-state index contributed by atoms with van der Waals surface area (Å²) >= 11 is 0. The van der Waals surface area contributed by atoms with Crippen LogP contribution in [0.4, 0.5) is 0 Å². The van der Waals surface area contributed by atoms with E-state index in [0.717, 1.165) is 11.1 Å². The topological polar surface area (TPSA) is 77.8 Å².